The zero-order chi connectivity index (χ0) is 18.5. The molecule has 6 heteroatoms. The first-order valence-electron chi connectivity index (χ1n) is 8.60. The number of nitrogens with zero attached hydrogens (tertiary/aromatic N) is 1. The molecule has 1 aliphatic rings. The summed E-state index contributed by atoms with van der Waals surface area (Å²) in [6.45, 7) is 0.987. The second-order valence-corrected chi connectivity index (χ2v) is 6.41. The first kappa shape index (κ1) is 18.0. The number of benzene rings is 2. The van der Waals surface area contributed by atoms with Crippen molar-refractivity contribution >= 4 is 11.8 Å². The smallest absolute Gasteiger partial charge is 0.253 e. The minimum Gasteiger partial charge on any atom is -0.352 e. The van der Waals surface area contributed by atoms with Gasteiger partial charge in [-0.3, -0.25) is 9.59 Å². The lowest BCUT2D eigenvalue weighted by Crippen LogP contribution is -2.45. The highest BCUT2D eigenvalue weighted by molar-refractivity contribution is 5.94. The topological polar surface area (TPSA) is 49.4 Å². The van der Waals surface area contributed by atoms with E-state index in [-0.39, 0.29) is 30.1 Å². The lowest BCUT2D eigenvalue weighted by atomic mass is 9.96. The van der Waals surface area contributed by atoms with Crippen molar-refractivity contribution in [3.8, 4) is 0 Å². The highest BCUT2D eigenvalue weighted by Gasteiger charge is 2.28. The highest BCUT2D eigenvalue weighted by atomic mass is 19.1. The highest BCUT2D eigenvalue weighted by Crippen LogP contribution is 2.19. The van der Waals surface area contributed by atoms with E-state index >= 15 is 0 Å². The van der Waals surface area contributed by atoms with Gasteiger partial charge in [0, 0.05) is 30.8 Å². The minimum atomic E-state index is -0.398. The summed E-state index contributed by atoms with van der Waals surface area (Å²) in [6.07, 6.45) is 1.39. The summed E-state index contributed by atoms with van der Waals surface area (Å²) in [5.41, 5.74) is 0.828. The van der Waals surface area contributed by atoms with Crippen molar-refractivity contribution < 1.29 is 18.4 Å². The first-order chi connectivity index (χ1) is 12.5. The predicted molar refractivity (Wildman–Crippen MR) is 93.3 cm³/mol. The van der Waals surface area contributed by atoms with Crippen LogP contribution in [0.3, 0.4) is 0 Å². The lowest BCUT2D eigenvalue weighted by molar-refractivity contribution is -0.126. The molecule has 0 saturated carbocycles. The molecular weight excluding hydrogens is 338 g/mol. The normalized spacial score (nSPS) is 17.0. The Balaban J connectivity index is 1.59. The number of hydrogen-bond donors (Lipinski definition) is 1. The Kier molecular flexibility index (Phi) is 5.61. The van der Waals surface area contributed by atoms with E-state index in [1.54, 1.807) is 23.1 Å². The molecule has 2 aromatic rings. The molecule has 0 spiro atoms. The average molecular weight is 358 g/mol. The summed E-state index contributed by atoms with van der Waals surface area (Å²) in [6, 6.07) is 11.7. The molecule has 1 atom stereocenters. The van der Waals surface area contributed by atoms with Crippen molar-refractivity contribution in [2.75, 3.05) is 13.1 Å². The second kappa shape index (κ2) is 8.08. The molecule has 1 fully saturated rings. The van der Waals surface area contributed by atoms with Gasteiger partial charge in [-0.25, -0.2) is 8.78 Å². The number of piperidine rings is 1. The molecule has 136 valence electrons. The molecule has 1 aliphatic heterocycles. The summed E-state index contributed by atoms with van der Waals surface area (Å²) in [4.78, 5) is 26.6. The van der Waals surface area contributed by atoms with Crippen LogP contribution in [0.4, 0.5) is 8.78 Å². The monoisotopic (exact) mass is 358 g/mol. The number of amides is 2. The maximum Gasteiger partial charge on any atom is 0.253 e. The van der Waals surface area contributed by atoms with E-state index in [9.17, 15) is 18.4 Å². The van der Waals surface area contributed by atoms with Crippen molar-refractivity contribution in [2.45, 2.75) is 19.4 Å². The van der Waals surface area contributed by atoms with Crippen LogP contribution in [0.1, 0.15) is 28.8 Å². The fraction of sp³-hybridized carbons (Fsp3) is 0.300. The van der Waals surface area contributed by atoms with Gasteiger partial charge >= 0.3 is 0 Å². The van der Waals surface area contributed by atoms with E-state index in [4.69, 9.17) is 0 Å². The summed E-state index contributed by atoms with van der Waals surface area (Å²) in [5, 5.41) is 2.75. The Morgan fingerprint density at radius 3 is 2.54 bits per heavy atom. The Hall–Kier alpha value is -2.76. The van der Waals surface area contributed by atoms with Crippen LogP contribution in [0.5, 0.6) is 0 Å². The van der Waals surface area contributed by atoms with Crippen molar-refractivity contribution in [2.24, 2.45) is 5.92 Å². The molecule has 0 aliphatic carbocycles. The van der Waals surface area contributed by atoms with E-state index in [1.807, 2.05) is 0 Å². The minimum absolute atomic E-state index is 0.119. The first-order valence-corrected chi connectivity index (χ1v) is 8.60. The molecule has 26 heavy (non-hydrogen) atoms. The van der Waals surface area contributed by atoms with Crippen molar-refractivity contribution in [3.05, 3.63) is 71.3 Å². The standard InChI is InChI=1S/C20H20F2N2O2/c21-17-9-7-14(8-10-17)20(26)24-11-3-5-16(13-24)19(25)23-12-15-4-1-2-6-18(15)22/h1-2,4,6-10,16H,3,5,11-13H2,(H,23,25)/t16-/m0/s1. The molecule has 0 bridgehead atoms. The lowest BCUT2D eigenvalue weighted by Gasteiger charge is -2.32. The predicted octanol–water partition coefficient (Wildman–Crippen LogP) is 3.13. The Bertz CT molecular complexity index is 793. The molecule has 1 heterocycles. The van der Waals surface area contributed by atoms with E-state index in [1.165, 1.54) is 30.3 Å². The zero-order valence-corrected chi connectivity index (χ0v) is 14.3. The van der Waals surface area contributed by atoms with Crippen LogP contribution in [-0.4, -0.2) is 29.8 Å². The Morgan fingerprint density at radius 1 is 1.08 bits per heavy atom. The fourth-order valence-corrected chi connectivity index (χ4v) is 3.12. The van der Waals surface area contributed by atoms with Gasteiger partial charge in [0.1, 0.15) is 11.6 Å². The number of rotatable bonds is 4. The molecule has 0 aromatic heterocycles. The molecule has 0 radical (unpaired) electrons. The summed E-state index contributed by atoms with van der Waals surface area (Å²) >= 11 is 0. The van der Waals surface area contributed by atoms with Crippen LogP contribution in [-0.2, 0) is 11.3 Å². The maximum atomic E-state index is 13.6. The number of nitrogens with one attached hydrogen (secondary N) is 1. The molecule has 0 unspecified atom stereocenters. The molecule has 1 saturated heterocycles. The number of carbonyl (C=O) groups excluding carboxylic acids is 2. The number of hydrogen-bond acceptors (Lipinski definition) is 2. The van der Waals surface area contributed by atoms with Gasteiger partial charge in [0.2, 0.25) is 5.91 Å². The number of carbonyl (C=O) groups is 2. The second-order valence-electron chi connectivity index (χ2n) is 6.41. The van der Waals surface area contributed by atoms with Crippen LogP contribution in [0, 0.1) is 17.6 Å². The average Bonchev–Trinajstić information content (AvgIpc) is 2.67. The summed E-state index contributed by atoms with van der Waals surface area (Å²) in [5.74, 6) is -1.49. The molecular formula is C20H20F2N2O2. The Labute approximate surface area is 150 Å². The number of halogens is 2. The van der Waals surface area contributed by atoms with Gasteiger partial charge < -0.3 is 10.2 Å². The van der Waals surface area contributed by atoms with Crippen molar-refractivity contribution in [1.29, 1.82) is 0 Å². The SMILES string of the molecule is O=C(NCc1ccccc1F)[C@H]1CCCN(C(=O)c2ccc(F)cc2)C1. The van der Waals surface area contributed by atoms with Crippen molar-refractivity contribution in [1.82, 2.24) is 10.2 Å². The third kappa shape index (κ3) is 4.25. The third-order valence-corrected chi connectivity index (χ3v) is 4.58. The van der Waals surface area contributed by atoms with Crippen LogP contribution in [0.25, 0.3) is 0 Å². The summed E-state index contributed by atoms with van der Waals surface area (Å²) in [7, 11) is 0. The largest absolute Gasteiger partial charge is 0.352 e. The quantitative estimate of drug-likeness (QED) is 0.913. The van der Waals surface area contributed by atoms with Crippen LogP contribution >= 0.6 is 0 Å². The Morgan fingerprint density at radius 2 is 1.81 bits per heavy atom. The van der Waals surface area contributed by atoms with E-state index in [0.717, 1.165) is 0 Å². The van der Waals surface area contributed by atoms with E-state index in [2.05, 4.69) is 5.32 Å². The van der Waals surface area contributed by atoms with Gasteiger partial charge in [0.05, 0.1) is 5.92 Å². The maximum absolute atomic E-state index is 13.6. The van der Waals surface area contributed by atoms with Gasteiger partial charge in [0.25, 0.3) is 5.91 Å². The van der Waals surface area contributed by atoms with Gasteiger partial charge in [0.15, 0.2) is 0 Å². The molecule has 2 aromatic carbocycles. The molecule has 3 rings (SSSR count). The van der Waals surface area contributed by atoms with Gasteiger partial charge in [-0.1, -0.05) is 18.2 Å². The van der Waals surface area contributed by atoms with E-state index < -0.39 is 5.82 Å². The molecule has 2 amide bonds. The summed E-state index contributed by atoms with van der Waals surface area (Å²) < 4.78 is 26.6. The van der Waals surface area contributed by atoms with Gasteiger partial charge in [-0.05, 0) is 43.2 Å². The van der Waals surface area contributed by atoms with Crippen LogP contribution in [0.15, 0.2) is 48.5 Å². The van der Waals surface area contributed by atoms with Crippen LogP contribution < -0.4 is 5.32 Å². The molecule has 4 nitrogen and oxygen atoms in total. The van der Waals surface area contributed by atoms with E-state index in [0.29, 0.717) is 37.1 Å². The van der Waals surface area contributed by atoms with Crippen LogP contribution in [0.2, 0.25) is 0 Å². The number of likely N-dealkylation sites (tertiary alicyclic amines) is 1. The fourth-order valence-electron chi connectivity index (χ4n) is 3.12. The van der Waals surface area contributed by atoms with Gasteiger partial charge in [-0.15, -0.1) is 0 Å². The third-order valence-electron chi connectivity index (χ3n) is 4.58. The zero-order valence-electron chi connectivity index (χ0n) is 14.3. The molecule has 1 N–H and O–H groups in total. The van der Waals surface area contributed by atoms with Crippen molar-refractivity contribution in [3.63, 3.8) is 0 Å². The van der Waals surface area contributed by atoms with Gasteiger partial charge in [-0.2, -0.15) is 0 Å².